The van der Waals surface area contributed by atoms with Crippen LogP contribution in [0.4, 0.5) is 30.7 Å². The number of alkyl halides is 6. The van der Waals surface area contributed by atoms with E-state index in [2.05, 4.69) is 11.6 Å². The number of hydrogen-bond donors (Lipinski definition) is 0. The topological polar surface area (TPSA) is 0 Å². The minimum absolute atomic E-state index is 3.32. The summed E-state index contributed by atoms with van der Waals surface area (Å²) in [5.41, 5.74) is -3.32. The Morgan fingerprint density at radius 2 is 1.25 bits per heavy atom. The Hall–Kier alpha value is -0.460. The molecule has 0 N–H and O–H groups in total. The first-order chi connectivity index (χ1) is 5.07. The molecule has 0 aromatic carbocycles. The van der Waals surface area contributed by atoms with E-state index in [9.17, 15) is 30.7 Å². The number of halogens is 8. The van der Waals surface area contributed by atoms with E-state index in [4.69, 9.17) is 0 Å². The summed E-state index contributed by atoms with van der Waals surface area (Å²) < 4.78 is 79.9. The monoisotopic (exact) mass is 216 g/mol. The Morgan fingerprint density at radius 3 is 1.25 bits per heavy atom. The first-order valence-electron chi connectivity index (χ1n) is 2.26. The fraction of sp³-hybridized carbons (Fsp3) is 0.500. The zero-order valence-electron chi connectivity index (χ0n) is 5.02. The van der Waals surface area contributed by atoms with Gasteiger partial charge in [-0.15, -0.1) is 0 Å². The highest BCUT2D eigenvalue weighted by molar-refractivity contribution is 6.23. The van der Waals surface area contributed by atoms with Crippen LogP contribution in [0.2, 0.25) is 0 Å². The molecule has 0 unspecified atom stereocenters. The van der Waals surface area contributed by atoms with Crippen LogP contribution >= 0.6 is 11.6 Å². The van der Waals surface area contributed by atoms with Gasteiger partial charge in [0, 0.05) is 0 Å². The molecule has 0 saturated carbocycles. The third-order valence-corrected chi connectivity index (χ3v) is 0.945. The van der Waals surface area contributed by atoms with Crippen LogP contribution in [-0.2, 0) is 0 Å². The van der Waals surface area contributed by atoms with E-state index in [0.29, 0.717) is 0 Å². The van der Waals surface area contributed by atoms with Gasteiger partial charge in [0.2, 0.25) is 0 Å². The molecule has 0 spiro atoms. The molecule has 0 heterocycles. The minimum Gasteiger partial charge on any atom is -0.183 e. The predicted octanol–water partition coefficient (Wildman–Crippen LogP) is 3.53. The average molecular weight is 216 g/mol. The molecule has 72 valence electrons. The van der Waals surface area contributed by atoms with Crippen molar-refractivity contribution >= 4 is 11.6 Å². The van der Waals surface area contributed by atoms with Gasteiger partial charge in [0.15, 0.2) is 5.57 Å². The summed E-state index contributed by atoms with van der Waals surface area (Å²) in [6.45, 7) is 0. The van der Waals surface area contributed by atoms with Crippen molar-refractivity contribution in [1.82, 2.24) is 0 Å². The summed E-state index contributed by atoms with van der Waals surface area (Å²) >= 11 is 3.79. The van der Waals surface area contributed by atoms with Crippen molar-refractivity contribution in [3.8, 4) is 0 Å². The van der Waals surface area contributed by atoms with E-state index in [1.165, 1.54) is 0 Å². The van der Waals surface area contributed by atoms with Crippen LogP contribution in [-0.4, -0.2) is 11.6 Å². The zero-order chi connectivity index (χ0) is 10.2. The molecular formula is C4ClF7. The average Bonchev–Trinajstić information content (AvgIpc) is 1.49. The Bertz CT molecular complexity index is 176. The lowest BCUT2D eigenvalue weighted by Crippen LogP contribution is -2.25. The number of allylic oxidation sites excluding steroid dienone is 1. The van der Waals surface area contributed by atoms with Gasteiger partial charge in [-0.2, -0.15) is 30.7 Å². The predicted molar refractivity (Wildman–Crippen MR) is 26.1 cm³/mol. The number of hydrogen-bond acceptors (Lipinski definition) is 0. The van der Waals surface area contributed by atoms with Gasteiger partial charge in [-0.3, -0.25) is 0 Å². The summed E-state index contributed by atoms with van der Waals surface area (Å²) in [4.78, 5) is 0. The van der Waals surface area contributed by atoms with E-state index in [1.807, 2.05) is 0 Å². The molecule has 0 aliphatic heterocycles. The summed E-state index contributed by atoms with van der Waals surface area (Å²) in [7, 11) is 0. The standard InChI is InChI=1S/C4ClF7/c5-3(8,9)1(2(6)7)4(10,11)12. The van der Waals surface area contributed by atoms with Crippen LogP contribution in [0, 0.1) is 0 Å². The van der Waals surface area contributed by atoms with Gasteiger partial charge in [-0.25, -0.2) is 0 Å². The van der Waals surface area contributed by atoms with Crippen LogP contribution < -0.4 is 0 Å². The second-order valence-corrected chi connectivity index (χ2v) is 2.11. The molecule has 0 aromatic heterocycles. The molecule has 0 saturated heterocycles. The van der Waals surface area contributed by atoms with Gasteiger partial charge in [-0.1, -0.05) is 0 Å². The molecule has 0 aliphatic carbocycles. The molecule has 0 atom stereocenters. The van der Waals surface area contributed by atoms with Crippen LogP contribution in [0.15, 0.2) is 11.7 Å². The fourth-order valence-corrected chi connectivity index (χ4v) is 0.554. The molecule has 8 heteroatoms. The lowest BCUT2D eigenvalue weighted by Gasteiger charge is -2.14. The van der Waals surface area contributed by atoms with Crippen molar-refractivity contribution in [2.75, 3.05) is 0 Å². The van der Waals surface area contributed by atoms with Crippen molar-refractivity contribution < 1.29 is 30.7 Å². The normalized spacial score (nSPS) is 13.0. The Morgan fingerprint density at radius 1 is 0.917 bits per heavy atom. The second kappa shape index (κ2) is 3.12. The maximum Gasteiger partial charge on any atom is 0.424 e. The van der Waals surface area contributed by atoms with Gasteiger partial charge in [0.1, 0.15) is 0 Å². The Balaban J connectivity index is 5.13. The van der Waals surface area contributed by atoms with Gasteiger partial charge in [-0.05, 0) is 11.6 Å². The molecular weight excluding hydrogens is 216 g/mol. The van der Waals surface area contributed by atoms with E-state index in [-0.39, 0.29) is 0 Å². The SMILES string of the molecule is FC(F)=C(C(F)(F)F)C(F)(F)Cl. The molecule has 0 fully saturated rings. The molecule has 0 radical (unpaired) electrons. The summed E-state index contributed by atoms with van der Waals surface area (Å²) in [6.07, 6.45) is -9.37. The van der Waals surface area contributed by atoms with Crippen LogP contribution in [0.5, 0.6) is 0 Å². The van der Waals surface area contributed by atoms with E-state index < -0.39 is 23.2 Å². The molecule has 12 heavy (non-hydrogen) atoms. The summed E-state index contributed by atoms with van der Waals surface area (Å²) in [5, 5.41) is -5.10. The van der Waals surface area contributed by atoms with Crippen LogP contribution in [0.25, 0.3) is 0 Å². The van der Waals surface area contributed by atoms with Crippen LogP contribution in [0.3, 0.4) is 0 Å². The Labute approximate surface area is 66.6 Å². The molecule has 0 nitrogen and oxygen atoms in total. The van der Waals surface area contributed by atoms with Gasteiger partial charge in [0.05, 0.1) is 0 Å². The quantitative estimate of drug-likeness (QED) is 0.465. The highest BCUT2D eigenvalue weighted by atomic mass is 35.5. The van der Waals surface area contributed by atoms with Crippen molar-refractivity contribution in [1.29, 1.82) is 0 Å². The van der Waals surface area contributed by atoms with Crippen molar-refractivity contribution in [3.05, 3.63) is 11.7 Å². The van der Waals surface area contributed by atoms with E-state index in [1.54, 1.807) is 0 Å². The van der Waals surface area contributed by atoms with Crippen LogP contribution in [0.1, 0.15) is 0 Å². The highest BCUT2D eigenvalue weighted by Gasteiger charge is 2.52. The maximum atomic E-state index is 11.6. The first-order valence-corrected chi connectivity index (χ1v) is 2.64. The lowest BCUT2D eigenvalue weighted by atomic mass is 10.3. The minimum atomic E-state index is -5.83. The summed E-state index contributed by atoms with van der Waals surface area (Å²) in [6, 6.07) is 0. The zero-order valence-corrected chi connectivity index (χ0v) is 5.78. The third-order valence-electron chi connectivity index (χ3n) is 0.756. The van der Waals surface area contributed by atoms with Crippen molar-refractivity contribution in [3.63, 3.8) is 0 Å². The highest BCUT2D eigenvalue weighted by Crippen LogP contribution is 2.42. The van der Waals surface area contributed by atoms with Gasteiger partial charge >= 0.3 is 11.6 Å². The smallest absolute Gasteiger partial charge is 0.183 e. The lowest BCUT2D eigenvalue weighted by molar-refractivity contribution is -0.118. The number of rotatable bonds is 1. The molecule has 0 bridgehead atoms. The van der Waals surface area contributed by atoms with Crippen molar-refractivity contribution in [2.24, 2.45) is 0 Å². The van der Waals surface area contributed by atoms with E-state index >= 15 is 0 Å². The first kappa shape index (κ1) is 11.5. The largest absolute Gasteiger partial charge is 0.424 e. The van der Waals surface area contributed by atoms with Gasteiger partial charge in [0.25, 0.3) is 6.08 Å². The molecule has 0 aromatic rings. The molecule has 0 amide bonds. The summed E-state index contributed by atoms with van der Waals surface area (Å²) in [5.74, 6) is 0. The fourth-order valence-electron chi connectivity index (χ4n) is 0.375. The van der Waals surface area contributed by atoms with Gasteiger partial charge < -0.3 is 0 Å². The molecule has 0 aliphatic rings. The third kappa shape index (κ3) is 2.88. The van der Waals surface area contributed by atoms with E-state index in [0.717, 1.165) is 0 Å². The Kier molecular flexibility index (Phi) is 3.00. The second-order valence-electron chi connectivity index (χ2n) is 1.63. The maximum absolute atomic E-state index is 11.6. The van der Waals surface area contributed by atoms with Crippen molar-refractivity contribution in [2.45, 2.75) is 11.6 Å². The molecule has 0 rings (SSSR count).